The van der Waals surface area contributed by atoms with E-state index in [1.807, 2.05) is 6.92 Å². The van der Waals surface area contributed by atoms with Crippen LogP contribution in [0.5, 0.6) is 5.75 Å². The van der Waals surface area contributed by atoms with Gasteiger partial charge in [0.05, 0.1) is 12.2 Å². The Hall–Kier alpha value is -1.79. The molecule has 1 heterocycles. The quantitative estimate of drug-likeness (QED) is 0.728. The number of carbonyl (C=O) groups is 2. The molecular formula is C17H23ClN2O4. The van der Waals surface area contributed by atoms with Crippen molar-refractivity contribution >= 4 is 29.1 Å². The summed E-state index contributed by atoms with van der Waals surface area (Å²) in [4.78, 5) is 25.8. The van der Waals surface area contributed by atoms with Crippen molar-refractivity contribution in [3.8, 4) is 5.75 Å². The fourth-order valence-electron chi connectivity index (χ4n) is 2.44. The molecule has 0 radical (unpaired) electrons. The van der Waals surface area contributed by atoms with Gasteiger partial charge in [0.15, 0.2) is 0 Å². The first kappa shape index (κ1) is 18.5. The maximum absolute atomic E-state index is 12.4. The van der Waals surface area contributed by atoms with Gasteiger partial charge in [-0.25, -0.2) is 0 Å². The van der Waals surface area contributed by atoms with Crippen LogP contribution in [-0.4, -0.2) is 44.7 Å². The molecule has 0 saturated carbocycles. The molecular weight excluding hydrogens is 332 g/mol. The number of ether oxygens (including phenoxy) is 2. The van der Waals surface area contributed by atoms with Crippen molar-refractivity contribution in [1.29, 1.82) is 0 Å². The number of carbonyl (C=O) groups excluding carboxylic acids is 2. The van der Waals surface area contributed by atoms with Crippen LogP contribution in [0.1, 0.15) is 26.2 Å². The Morgan fingerprint density at radius 1 is 1.38 bits per heavy atom. The summed E-state index contributed by atoms with van der Waals surface area (Å²) in [5.41, 5.74) is 0.663. The second-order valence-electron chi connectivity index (χ2n) is 5.41. The second-order valence-corrected chi connectivity index (χ2v) is 5.84. The van der Waals surface area contributed by atoms with Gasteiger partial charge in [0.25, 0.3) is 0 Å². The Morgan fingerprint density at radius 2 is 2.21 bits per heavy atom. The first-order valence-electron chi connectivity index (χ1n) is 8.19. The Labute approximate surface area is 147 Å². The molecule has 0 fully saturated rings. The summed E-state index contributed by atoms with van der Waals surface area (Å²) in [5.74, 6) is 0.407. The number of benzene rings is 1. The summed E-state index contributed by atoms with van der Waals surface area (Å²) in [6.07, 6.45) is 1.09. The summed E-state index contributed by atoms with van der Waals surface area (Å²) < 4.78 is 10.7. The third-order valence-electron chi connectivity index (χ3n) is 3.64. The van der Waals surface area contributed by atoms with E-state index in [4.69, 9.17) is 21.1 Å². The molecule has 0 spiro atoms. The molecule has 6 nitrogen and oxygen atoms in total. The minimum atomic E-state index is -0.126. The maximum atomic E-state index is 12.4. The van der Waals surface area contributed by atoms with Gasteiger partial charge in [-0.1, -0.05) is 11.6 Å². The van der Waals surface area contributed by atoms with Crippen LogP contribution >= 0.6 is 11.6 Å². The lowest BCUT2D eigenvalue weighted by Gasteiger charge is -2.29. The highest BCUT2D eigenvalue weighted by molar-refractivity contribution is 6.31. The van der Waals surface area contributed by atoms with Crippen LogP contribution in [0.2, 0.25) is 5.02 Å². The normalized spacial score (nSPS) is 13.2. The van der Waals surface area contributed by atoms with E-state index in [1.54, 1.807) is 23.1 Å². The molecule has 0 atom stereocenters. The highest BCUT2D eigenvalue weighted by atomic mass is 35.5. The zero-order valence-corrected chi connectivity index (χ0v) is 14.6. The van der Waals surface area contributed by atoms with E-state index >= 15 is 0 Å². The van der Waals surface area contributed by atoms with Gasteiger partial charge in [-0.15, -0.1) is 0 Å². The van der Waals surface area contributed by atoms with Gasteiger partial charge >= 0.3 is 0 Å². The van der Waals surface area contributed by atoms with Gasteiger partial charge in [0.2, 0.25) is 11.8 Å². The first-order chi connectivity index (χ1) is 11.6. The van der Waals surface area contributed by atoms with Gasteiger partial charge in [-0.3, -0.25) is 9.59 Å². The number of anilines is 1. The minimum absolute atomic E-state index is 0.105. The lowest BCUT2D eigenvalue weighted by atomic mass is 10.2. The average molecular weight is 355 g/mol. The van der Waals surface area contributed by atoms with E-state index in [0.29, 0.717) is 49.4 Å². The molecule has 0 unspecified atom stereocenters. The molecule has 0 aromatic heterocycles. The predicted octanol–water partition coefficient (Wildman–Crippen LogP) is 2.39. The Morgan fingerprint density at radius 3 is 3.00 bits per heavy atom. The van der Waals surface area contributed by atoms with E-state index < -0.39 is 0 Å². The fraction of sp³-hybridized carbons (Fsp3) is 0.529. The van der Waals surface area contributed by atoms with Crippen LogP contribution in [0.15, 0.2) is 18.2 Å². The molecule has 0 bridgehead atoms. The maximum Gasteiger partial charge on any atom is 0.227 e. The summed E-state index contributed by atoms with van der Waals surface area (Å²) in [7, 11) is 0. The molecule has 1 N–H and O–H groups in total. The lowest BCUT2D eigenvalue weighted by Crippen LogP contribution is -2.38. The highest BCUT2D eigenvalue weighted by Crippen LogP contribution is 2.34. The number of nitrogens with one attached hydrogen (secondary N) is 1. The van der Waals surface area contributed by atoms with Crippen LogP contribution in [0, 0.1) is 0 Å². The number of fused-ring (bicyclic) bond motifs is 1. The number of hydrogen-bond acceptors (Lipinski definition) is 4. The molecule has 7 heteroatoms. The van der Waals surface area contributed by atoms with E-state index in [9.17, 15) is 9.59 Å². The van der Waals surface area contributed by atoms with Crippen molar-refractivity contribution in [3.63, 3.8) is 0 Å². The average Bonchev–Trinajstić information content (AvgIpc) is 2.59. The number of rotatable bonds is 8. The Bertz CT molecular complexity index is 580. The third kappa shape index (κ3) is 5.39. The molecule has 2 amide bonds. The van der Waals surface area contributed by atoms with Crippen LogP contribution in [-0.2, 0) is 14.3 Å². The topological polar surface area (TPSA) is 67.9 Å². The summed E-state index contributed by atoms with van der Waals surface area (Å²) in [6.45, 7) is 4.69. The van der Waals surface area contributed by atoms with Crippen molar-refractivity contribution in [2.24, 2.45) is 0 Å². The number of halogens is 1. The monoisotopic (exact) mass is 354 g/mol. The van der Waals surface area contributed by atoms with Gasteiger partial charge in [0.1, 0.15) is 12.4 Å². The summed E-state index contributed by atoms with van der Waals surface area (Å²) in [5, 5.41) is 3.34. The van der Waals surface area contributed by atoms with Crippen molar-refractivity contribution in [1.82, 2.24) is 5.32 Å². The van der Waals surface area contributed by atoms with Gasteiger partial charge < -0.3 is 19.7 Å². The van der Waals surface area contributed by atoms with Crippen LogP contribution < -0.4 is 15.0 Å². The molecule has 2 rings (SSSR count). The van der Waals surface area contributed by atoms with Gasteiger partial charge in [0, 0.05) is 37.6 Å². The second kappa shape index (κ2) is 9.49. The van der Waals surface area contributed by atoms with Crippen molar-refractivity contribution in [3.05, 3.63) is 23.2 Å². The first-order valence-corrected chi connectivity index (χ1v) is 8.56. The smallest absolute Gasteiger partial charge is 0.227 e. The standard InChI is InChI=1S/C17H23ClN2O4/c1-2-23-10-3-8-19-16(21)6-7-17(22)20-9-11-24-15-5-4-13(18)12-14(15)20/h4-5,12H,2-3,6-11H2,1H3,(H,19,21). The molecule has 1 aliphatic heterocycles. The van der Waals surface area contributed by atoms with E-state index in [0.717, 1.165) is 6.42 Å². The molecule has 24 heavy (non-hydrogen) atoms. The lowest BCUT2D eigenvalue weighted by molar-refractivity contribution is -0.125. The van der Waals surface area contributed by atoms with Gasteiger partial charge in [-0.2, -0.15) is 0 Å². The van der Waals surface area contributed by atoms with Crippen LogP contribution in [0.25, 0.3) is 0 Å². The van der Waals surface area contributed by atoms with Crippen molar-refractivity contribution in [2.75, 3.05) is 37.8 Å². The Balaban J connectivity index is 1.79. The minimum Gasteiger partial charge on any atom is -0.490 e. The summed E-state index contributed by atoms with van der Waals surface area (Å²) in [6, 6.07) is 5.19. The number of hydrogen-bond donors (Lipinski definition) is 1. The largest absolute Gasteiger partial charge is 0.490 e. The molecule has 0 saturated heterocycles. The molecule has 0 aliphatic carbocycles. The molecule has 132 valence electrons. The fourth-order valence-corrected chi connectivity index (χ4v) is 2.61. The number of nitrogens with zero attached hydrogens (tertiary/aromatic N) is 1. The van der Waals surface area contributed by atoms with Crippen LogP contribution in [0.4, 0.5) is 5.69 Å². The Kier molecular flexibility index (Phi) is 7.34. The number of amides is 2. The summed E-state index contributed by atoms with van der Waals surface area (Å²) >= 11 is 6.00. The SMILES string of the molecule is CCOCCCNC(=O)CCC(=O)N1CCOc2ccc(Cl)cc21. The van der Waals surface area contributed by atoms with Crippen molar-refractivity contribution in [2.45, 2.75) is 26.2 Å². The third-order valence-corrected chi connectivity index (χ3v) is 3.88. The van der Waals surface area contributed by atoms with E-state index in [1.165, 1.54) is 0 Å². The van der Waals surface area contributed by atoms with Crippen LogP contribution in [0.3, 0.4) is 0 Å². The van der Waals surface area contributed by atoms with E-state index in [-0.39, 0.29) is 24.7 Å². The highest BCUT2D eigenvalue weighted by Gasteiger charge is 2.24. The van der Waals surface area contributed by atoms with E-state index in [2.05, 4.69) is 5.32 Å². The zero-order valence-electron chi connectivity index (χ0n) is 13.8. The molecule has 1 aromatic rings. The van der Waals surface area contributed by atoms with Crippen molar-refractivity contribution < 1.29 is 19.1 Å². The molecule has 1 aliphatic rings. The zero-order chi connectivity index (χ0) is 17.4. The van der Waals surface area contributed by atoms with Gasteiger partial charge in [-0.05, 0) is 31.5 Å². The predicted molar refractivity (Wildman–Crippen MR) is 92.7 cm³/mol. The molecule has 1 aromatic carbocycles.